The lowest BCUT2D eigenvalue weighted by atomic mass is 9.86. The summed E-state index contributed by atoms with van der Waals surface area (Å²) in [6.07, 6.45) is 0. The molecular formula is C24H33N3O2. The summed E-state index contributed by atoms with van der Waals surface area (Å²) in [6.45, 7) is 9.33. The van der Waals surface area contributed by atoms with Crippen molar-refractivity contribution in [3.8, 4) is 0 Å². The van der Waals surface area contributed by atoms with Gasteiger partial charge in [0.1, 0.15) is 6.04 Å². The van der Waals surface area contributed by atoms with Crippen LogP contribution in [0.3, 0.4) is 0 Å². The van der Waals surface area contributed by atoms with Crippen LogP contribution in [-0.2, 0) is 23.3 Å². The Morgan fingerprint density at radius 2 is 1.55 bits per heavy atom. The number of carbonyl (C=O) groups is 2. The Labute approximate surface area is 174 Å². The third kappa shape index (κ3) is 6.71. The molecule has 5 heteroatoms. The molecule has 2 rings (SSSR count). The Morgan fingerprint density at radius 1 is 0.966 bits per heavy atom. The van der Waals surface area contributed by atoms with Crippen molar-refractivity contribution in [3.63, 3.8) is 0 Å². The van der Waals surface area contributed by atoms with Crippen LogP contribution in [0.5, 0.6) is 0 Å². The first-order valence-electron chi connectivity index (χ1n) is 9.98. The molecule has 0 aromatic heterocycles. The highest BCUT2D eigenvalue weighted by Crippen LogP contribution is 2.22. The molecular weight excluding hydrogens is 362 g/mol. The van der Waals surface area contributed by atoms with Crippen molar-refractivity contribution in [2.24, 2.45) is 0 Å². The van der Waals surface area contributed by atoms with Gasteiger partial charge < -0.3 is 15.5 Å². The van der Waals surface area contributed by atoms with Crippen LogP contribution in [0.25, 0.3) is 0 Å². The first-order chi connectivity index (χ1) is 13.6. The Kier molecular flexibility index (Phi) is 7.57. The van der Waals surface area contributed by atoms with E-state index >= 15 is 0 Å². The van der Waals surface area contributed by atoms with Crippen LogP contribution in [0, 0.1) is 0 Å². The van der Waals surface area contributed by atoms with Crippen molar-refractivity contribution in [2.75, 3.05) is 14.1 Å². The van der Waals surface area contributed by atoms with E-state index in [-0.39, 0.29) is 17.2 Å². The minimum absolute atomic E-state index is 0.0328. The Morgan fingerprint density at radius 3 is 2.10 bits per heavy atom. The molecule has 2 aromatic rings. The number of hydrogen-bond donors (Lipinski definition) is 2. The third-order valence-electron chi connectivity index (χ3n) is 4.81. The van der Waals surface area contributed by atoms with Gasteiger partial charge in [0.15, 0.2) is 0 Å². The second-order valence-corrected chi connectivity index (χ2v) is 8.75. The van der Waals surface area contributed by atoms with Gasteiger partial charge in [-0.2, -0.15) is 0 Å². The second kappa shape index (κ2) is 9.70. The largest absolute Gasteiger partial charge is 0.350 e. The normalized spacial score (nSPS) is 12.5. The van der Waals surface area contributed by atoms with Gasteiger partial charge in [-0.15, -0.1) is 0 Å². The van der Waals surface area contributed by atoms with E-state index in [9.17, 15) is 9.59 Å². The SMILES string of the molecule is C[C@H](NC(=O)c1ccc(C(C)(C)C)cc1)C(=O)NCc1ccccc1CN(C)C. The van der Waals surface area contributed by atoms with Gasteiger partial charge in [-0.25, -0.2) is 0 Å². The fourth-order valence-corrected chi connectivity index (χ4v) is 3.03. The van der Waals surface area contributed by atoms with Gasteiger partial charge in [0.05, 0.1) is 0 Å². The summed E-state index contributed by atoms with van der Waals surface area (Å²) in [5.41, 5.74) is 4.00. The maximum Gasteiger partial charge on any atom is 0.251 e. The maximum absolute atomic E-state index is 12.5. The summed E-state index contributed by atoms with van der Waals surface area (Å²) in [5.74, 6) is -0.453. The first-order valence-corrected chi connectivity index (χ1v) is 9.98. The summed E-state index contributed by atoms with van der Waals surface area (Å²) in [4.78, 5) is 27.0. The fraction of sp³-hybridized carbons (Fsp3) is 0.417. The zero-order valence-corrected chi connectivity index (χ0v) is 18.4. The number of nitrogens with one attached hydrogen (secondary N) is 2. The predicted molar refractivity (Wildman–Crippen MR) is 118 cm³/mol. The Bertz CT molecular complexity index is 836. The van der Waals surface area contributed by atoms with Gasteiger partial charge in [-0.3, -0.25) is 9.59 Å². The molecule has 0 saturated carbocycles. The number of amides is 2. The number of rotatable bonds is 7. The van der Waals surface area contributed by atoms with E-state index in [0.717, 1.165) is 17.7 Å². The van der Waals surface area contributed by atoms with E-state index in [1.54, 1.807) is 19.1 Å². The number of nitrogens with zero attached hydrogens (tertiary/aromatic N) is 1. The molecule has 0 radical (unpaired) electrons. The van der Waals surface area contributed by atoms with Crippen LogP contribution in [-0.4, -0.2) is 36.9 Å². The molecule has 0 saturated heterocycles. The standard InChI is InChI=1S/C24H33N3O2/c1-17(26-23(29)18-11-13-21(14-12-18)24(2,3)4)22(28)25-15-19-9-7-8-10-20(19)16-27(5)6/h7-14,17H,15-16H2,1-6H3,(H,25,28)(H,26,29)/t17-/m0/s1. The smallest absolute Gasteiger partial charge is 0.251 e. The quantitative estimate of drug-likeness (QED) is 0.755. The molecule has 1 atom stereocenters. The van der Waals surface area contributed by atoms with E-state index < -0.39 is 6.04 Å². The summed E-state index contributed by atoms with van der Waals surface area (Å²) in [7, 11) is 4.03. The fourth-order valence-electron chi connectivity index (χ4n) is 3.03. The van der Waals surface area contributed by atoms with Crippen molar-refractivity contribution in [2.45, 2.75) is 52.2 Å². The van der Waals surface area contributed by atoms with E-state index in [0.29, 0.717) is 12.1 Å². The van der Waals surface area contributed by atoms with Crippen molar-refractivity contribution in [1.29, 1.82) is 0 Å². The summed E-state index contributed by atoms with van der Waals surface area (Å²) < 4.78 is 0. The lowest BCUT2D eigenvalue weighted by Gasteiger charge is -2.19. The molecule has 0 aliphatic heterocycles. The second-order valence-electron chi connectivity index (χ2n) is 8.75. The summed E-state index contributed by atoms with van der Waals surface area (Å²) in [6, 6.07) is 14.9. The molecule has 0 aliphatic rings. The minimum atomic E-state index is -0.620. The zero-order valence-electron chi connectivity index (χ0n) is 18.4. The van der Waals surface area contributed by atoms with Crippen molar-refractivity contribution in [3.05, 3.63) is 70.8 Å². The molecule has 2 N–H and O–H groups in total. The zero-order chi connectivity index (χ0) is 21.6. The molecule has 0 heterocycles. The van der Waals surface area contributed by atoms with Crippen LogP contribution in [0.1, 0.15) is 54.7 Å². The van der Waals surface area contributed by atoms with Gasteiger partial charge in [0.25, 0.3) is 5.91 Å². The van der Waals surface area contributed by atoms with Crippen LogP contribution in [0.2, 0.25) is 0 Å². The Hall–Kier alpha value is -2.66. The van der Waals surface area contributed by atoms with E-state index in [4.69, 9.17) is 0 Å². The van der Waals surface area contributed by atoms with Gasteiger partial charge in [0.2, 0.25) is 5.91 Å². The molecule has 0 aliphatic carbocycles. The average molecular weight is 396 g/mol. The minimum Gasteiger partial charge on any atom is -0.350 e. The molecule has 5 nitrogen and oxygen atoms in total. The van der Waals surface area contributed by atoms with Gasteiger partial charge >= 0.3 is 0 Å². The van der Waals surface area contributed by atoms with Crippen LogP contribution in [0.15, 0.2) is 48.5 Å². The highest BCUT2D eigenvalue weighted by atomic mass is 16.2. The third-order valence-corrected chi connectivity index (χ3v) is 4.81. The molecule has 2 amide bonds. The van der Waals surface area contributed by atoms with E-state index in [2.05, 4.69) is 42.4 Å². The highest BCUT2D eigenvalue weighted by Gasteiger charge is 2.18. The van der Waals surface area contributed by atoms with E-state index in [1.165, 1.54) is 5.56 Å². The molecule has 0 spiro atoms. The molecule has 29 heavy (non-hydrogen) atoms. The summed E-state index contributed by atoms with van der Waals surface area (Å²) >= 11 is 0. The van der Waals surface area contributed by atoms with Gasteiger partial charge in [-0.05, 0) is 55.3 Å². The van der Waals surface area contributed by atoms with Crippen LogP contribution < -0.4 is 10.6 Å². The molecule has 156 valence electrons. The van der Waals surface area contributed by atoms with Gasteiger partial charge in [-0.1, -0.05) is 57.2 Å². The average Bonchev–Trinajstić information content (AvgIpc) is 2.66. The van der Waals surface area contributed by atoms with Crippen molar-refractivity contribution >= 4 is 11.8 Å². The lowest BCUT2D eigenvalue weighted by Crippen LogP contribution is -2.44. The number of hydrogen-bond acceptors (Lipinski definition) is 3. The van der Waals surface area contributed by atoms with E-state index in [1.807, 2.05) is 44.4 Å². The van der Waals surface area contributed by atoms with Gasteiger partial charge in [0, 0.05) is 18.7 Å². The summed E-state index contributed by atoms with van der Waals surface area (Å²) in [5, 5.41) is 5.70. The monoisotopic (exact) mass is 395 g/mol. The van der Waals surface area contributed by atoms with Crippen molar-refractivity contribution < 1.29 is 9.59 Å². The number of benzene rings is 2. The molecule has 0 unspecified atom stereocenters. The van der Waals surface area contributed by atoms with Crippen LogP contribution >= 0.6 is 0 Å². The van der Waals surface area contributed by atoms with Crippen molar-refractivity contribution in [1.82, 2.24) is 15.5 Å². The highest BCUT2D eigenvalue weighted by molar-refractivity contribution is 5.97. The topological polar surface area (TPSA) is 61.4 Å². The molecule has 0 bridgehead atoms. The number of carbonyl (C=O) groups excluding carboxylic acids is 2. The Balaban J connectivity index is 1.93. The lowest BCUT2D eigenvalue weighted by molar-refractivity contribution is -0.122. The van der Waals surface area contributed by atoms with Crippen LogP contribution in [0.4, 0.5) is 0 Å². The molecule has 0 fully saturated rings. The first kappa shape index (κ1) is 22.6. The predicted octanol–water partition coefficient (Wildman–Crippen LogP) is 3.48. The molecule has 2 aromatic carbocycles. The maximum atomic E-state index is 12.5.